The predicted molar refractivity (Wildman–Crippen MR) is 108 cm³/mol. The second-order valence-corrected chi connectivity index (χ2v) is 7.86. The number of carbonyl (C=O) groups excluding carboxylic acids is 1. The van der Waals surface area contributed by atoms with E-state index in [1.54, 1.807) is 0 Å². The summed E-state index contributed by atoms with van der Waals surface area (Å²) >= 11 is 1.47. The second kappa shape index (κ2) is 7.04. The maximum atomic E-state index is 12.6. The summed E-state index contributed by atoms with van der Waals surface area (Å²) in [7, 11) is 0. The lowest BCUT2D eigenvalue weighted by atomic mass is 9.90. The van der Waals surface area contributed by atoms with Crippen molar-refractivity contribution >= 4 is 22.4 Å². The molecule has 1 amide bonds. The Morgan fingerprint density at radius 1 is 1.04 bits per heavy atom. The van der Waals surface area contributed by atoms with E-state index in [1.165, 1.54) is 46.4 Å². The number of thiazole rings is 1. The first-order valence-corrected chi connectivity index (χ1v) is 9.94. The number of aromatic nitrogens is 1. The van der Waals surface area contributed by atoms with Crippen LogP contribution in [0, 0.1) is 13.8 Å². The van der Waals surface area contributed by atoms with E-state index < -0.39 is 0 Å². The number of anilines is 1. The molecule has 4 rings (SSSR count). The van der Waals surface area contributed by atoms with Gasteiger partial charge in [0.15, 0.2) is 5.13 Å². The predicted octanol–water partition coefficient (Wildman–Crippen LogP) is 5.56. The Labute approximate surface area is 158 Å². The highest BCUT2D eigenvalue weighted by atomic mass is 32.1. The Balaban J connectivity index is 1.54. The highest BCUT2D eigenvalue weighted by Crippen LogP contribution is 2.29. The molecule has 0 radical (unpaired) electrons. The molecule has 132 valence electrons. The lowest BCUT2D eigenvalue weighted by Crippen LogP contribution is -2.13. The van der Waals surface area contributed by atoms with Crippen LogP contribution in [0.1, 0.15) is 45.5 Å². The molecule has 3 nitrogen and oxygen atoms in total. The fourth-order valence-corrected chi connectivity index (χ4v) is 4.22. The van der Waals surface area contributed by atoms with E-state index in [-0.39, 0.29) is 5.91 Å². The van der Waals surface area contributed by atoms with Crippen molar-refractivity contribution in [1.82, 2.24) is 4.98 Å². The van der Waals surface area contributed by atoms with Crippen LogP contribution in [-0.2, 0) is 12.8 Å². The number of hydrogen-bond acceptors (Lipinski definition) is 3. The molecule has 1 aliphatic rings. The smallest absolute Gasteiger partial charge is 0.257 e. The summed E-state index contributed by atoms with van der Waals surface area (Å²) in [6, 6.07) is 12.4. The van der Waals surface area contributed by atoms with Crippen molar-refractivity contribution in [1.29, 1.82) is 0 Å². The van der Waals surface area contributed by atoms with Crippen molar-refractivity contribution < 1.29 is 4.79 Å². The number of benzene rings is 2. The number of rotatable bonds is 3. The van der Waals surface area contributed by atoms with Crippen LogP contribution in [0.4, 0.5) is 5.13 Å². The second-order valence-electron chi connectivity index (χ2n) is 7.00. The summed E-state index contributed by atoms with van der Waals surface area (Å²) in [6.45, 7) is 4.16. The molecule has 0 bridgehead atoms. The molecule has 0 saturated heterocycles. The van der Waals surface area contributed by atoms with Crippen LogP contribution in [0.2, 0.25) is 0 Å². The number of carbonyl (C=O) groups is 1. The molecule has 3 aromatic rings. The van der Waals surface area contributed by atoms with Gasteiger partial charge in [0.05, 0.1) is 5.69 Å². The maximum Gasteiger partial charge on any atom is 0.257 e. The van der Waals surface area contributed by atoms with Crippen molar-refractivity contribution in [3.05, 3.63) is 69.6 Å². The zero-order valence-corrected chi connectivity index (χ0v) is 16.0. The fraction of sp³-hybridized carbons (Fsp3) is 0.273. The topological polar surface area (TPSA) is 42.0 Å². The van der Waals surface area contributed by atoms with E-state index in [1.807, 2.05) is 17.5 Å². The summed E-state index contributed by atoms with van der Waals surface area (Å²) in [4.78, 5) is 17.2. The first kappa shape index (κ1) is 17.0. The van der Waals surface area contributed by atoms with Crippen molar-refractivity contribution in [2.75, 3.05) is 5.32 Å². The Bertz CT molecular complexity index is 974. The molecule has 0 saturated carbocycles. The first-order chi connectivity index (χ1) is 12.6. The van der Waals surface area contributed by atoms with Gasteiger partial charge in [-0.05, 0) is 74.4 Å². The molecule has 0 unspecified atom stereocenters. The molecule has 1 aromatic heterocycles. The van der Waals surface area contributed by atoms with Gasteiger partial charge in [-0.15, -0.1) is 11.3 Å². The summed E-state index contributed by atoms with van der Waals surface area (Å²) in [5.74, 6) is -0.0831. The summed E-state index contributed by atoms with van der Waals surface area (Å²) in [5, 5.41) is 5.60. The minimum atomic E-state index is -0.0831. The zero-order chi connectivity index (χ0) is 18.1. The minimum Gasteiger partial charge on any atom is -0.298 e. The monoisotopic (exact) mass is 362 g/mol. The molecule has 4 heteroatoms. The summed E-state index contributed by atoms with van der Waals surface area (Å²) in [6.07, 6.45) is 4.66. The molecule has 0 atom stereocenters. The standard InChI is InChI=1S/C22H22N2OS/c1-14-7-8-15(2)19(11-14)20-13-26-22(23-20)24-21(25)18-10-9-16-5-3-4-6-17(16)12-18/h7-13H,3-6H2,1-2H3,(H,23,24,25). The van der Waals surface area contributed by atoms with Crippen molar-refractivity contribution in [3.63, 3.8) is 0 Å². The molecule has 26 heavy (non-hydrogen) atoms. The Morgan fingerprint density at radius 2 is 1.85 bits per heavy atom. The van der Waals surface area contributed by atoms with Gasteiger partial charge in [-0.2, -0.15) is 0 Å². The van der Waals surface area contributed by atoms with Crippen LogP contribution in [0.5, 0.6) is 0 Å². The summed E-state index contributed by atoms with van der Waals surface area (Å²) in [5.41, 5.74) is 7.85. The van der Waals surface area contributed by atoms with E-state index in [2.05, 4.69) is 48.4 Å². The quantitative estimate of drug-likeness (QED) is 0.663. The molecule has 1 N–H and O–H groups in total. The van der Waals surface area contributed by atoms with Crippen LogP contribution in [0.25, 0.3) is 11.3 Å². The van der Waals surface area contributed by atoms with Crippen LogP contribution in [0.3, 0.4) is 0 Å². The maximum absolute atomic E-state index is 12.6. The zero-order valence-electron chi connectivity index (χ0n) is 15.1. The number of hydrogen-bond donors (Lipinski definition) is 1. The van der Waals surface area contributed by atoms with Gasteiger partial charge >= 0.3 is 0 Å². The van der Waals surface area contributed by atoms with E-state index >= 15 is 0 Å². The lowest BCUT2D eigenvalue weighted by molar-refractivity contribution is 0.102. The van der Waals surface area contributed by atoms with Crippen LogP contribution in [-0.4, -0.2) is 10.9 Å². The highest BCUT2D eigenvalue weighted by Gasteiger charge is 2.15. The van der Waals surface area contributed by atoms with Gasteiger partial charge in [0.2, 0.25) is 0 Å². The minimum absolute atomic E-state index is 0.0831. The SMILES string of the molecule is Cc1ccc(C)c(-c2csc(NC(=O)c3ccc4c(c3)CCCC4)n2)c1. The van der Waals surface area contributed by atoms with Gasteiger partial charge in [0.1, 0.15) is 0 Å². The number of aryl methyl sites for hydroxylation is 4. The Morgan fingerprint density at radius 3 is 2.69 bits per heavy atom. The first-order valence-electron chi connectivity index (χ1n) is 9.06. The average molecular weight is 362 g/mol. The van der Waals surface area contributed by atoms with Crippen molar-refractivity contribution in [3.8, 4) is 11.3 Å². The van der Waals surface area contributed by atoms with E-state index in [4.69, 9.17) is 0 Å². The number of amides is 1. The van der Waals surface area contributed by atoms with Crippen molar-refractivity contribution in [2.24, 2.45) is 0 Å². The third-order valence-electron chi connectivity index (χ3n) is 5.00. The van der Waals surface area contributed by atoms with Crippen LogP contribution in [0.15, 0.2) is 41.8 Å². The molecule has 0 aliphatic heterocycles. The number of nitrogens with zero attached hydrogens (tertiary/aromatic N) is 1. The fourth-order valence-electron chi connectivity index (χ4n) is 3.51. The van der Waals surface area contributed by atoms with Gasteiger partial charge in [0.25, 0.3) is 5.91 Å². The number of nitrogens with one attached hydrogen (secondary N) is 1. The van der Waals surface area contributed by atoms with Gasteiger partial charge < -0.3 is 0 Å². The van der Waals surface area contributed by atoms with E-state index in [0.29, 0.717) is 10.7 Å². The molecular formula is C22H22N2OS. The van der Waals surface area contributed by atoms with Crippen LogP contribution >= 0.6 is 11.3 Å². The normalized spacial score (nSPS) is 13.3. The third-order valence-corrected chi connectivity index (χ3v) is 5.76. The lowest BCUT2D eigenvalue weighted by Gasteiger charge is -2.16. The van der Waals surface area contributed by atoms with Gasteiger partial charge in [-0.25, -0.2) is 4.98 Å². The van der Waals surface area contributed by atoms with Gasteiger partial charge in [-0.1, -0.05) is 23.8 Å². The largest absolute Gasteiger partial charge is 0.298 e. The molecule has 1 aliphatic carbocycles. The van der Waals surface area contributed by atoms with E-state index in [9.17, 15) is 4.79 Å². The Hall–Kier alpha value is -2.46. The molecule has 2 aromatic carbocycles. The van der Waals surface area contributed by atoms with E-state index in [0.717, 1.165) is 24.1 Å². The molecular weight excluding hydrogens is 340 g/mol. The van der Waals surface area contributed by atoms with Crippen molar-refractivity contribution in [2.45, 2.75) is 39.5 Å². The molecule has 0 spiro atoms. The van der Waals surface area contributed by atoms with Gasteiger partial charge in [-0.3, -0.25) is 10.1 Å². The average Bonchev–Trinajstić information content (AvgIpc) is 3.11. The molecule has 1 heterocycles. The Kier molecular flexibility index (Phi) is 4.60. The van der Waals surface area contributed by atoms with Crippen LogP contribution < -0.4 is 5.32 Å². The highest BCUT2D eigenvalue weighted by molar-refractivity contribution is 7.14. The molecule has 0 fully saturated rings. The van der Waals surface area contributed by atoms with Gasteiger partial charge in [0, 0.05) is 16.5 Å². The number of fused-ring (bicyclic) bond motifs is 1. The summed E-state index contributed by atoms with van der Waals surface area (Å²) < 4.78 is 0. The third kappa shape index (κ3) is 3.42.